The second-order valence-corrected chi connectivity index (χ2v) is 5.40. The number of nitrogens with zero attached hydrogens (tertiary/aromatic N) is 4. The topological polar surface area (TPSA) is 63.6 Å². The standard InChI is InChI=1S/C10H13N5S2/c1-4-7-13-8(11-3)6(2)9(14-7)17-10-15-12-5-16-10/h5H,4H2,1-3H3,(H,11,13,14). The molecule has 2 rings (SSSR count). The number of hydrogen-bond acceptors (Lipinski definition) is 7. The third-order valence-corrected chi connectivity index (χ3v) is 4.09. The third kappa shape index (κ3) is 2.73. The highest BCUT2D eigenvalue weighted by Gasteiger charge is 2.12. The van der Waals surface area contributed by atoms with Crippen LogP contribution in [0, 0.1) is 6.92 Å². The summed E-state index contributed by atoms with van der Waals surface area (Å²) in [4.78, 5) is 8.96. The molecule has 17 heavy (non-hydrogen) atoms. The van der Waals surface area contributed by atoms with Crippen LogP contribution in [0.2, 0.25) is 0 Å². The molecule has 0 radical (unpaired) electrons. The van der Waals surface area contributed by atoms with E-state index in [0.717, 1.165) is 33.0 Å². The van der Waals surface area contributed by atoms with Gasteiger partial charge in [0, 0.05) is 19.0 Å². The lowest BCUT2D eigenvalue weighted by Gasteiger charge is -2.09. The van der Waals surface area contributed by atoms with Gasteiger partial charge in [-0.2, -0.15) is 0 Å². The van der Waals surface area contributed by atoms with E-state index in [1.807, 2.05) is 20.9 Å². The zero-order chi connectivity index (χ0) is 12.3. The number of rotatable bonds is 4. The summed E-state index contributed by atoms with van der Waals surface area (Å²) in [6.45, 7) is 4.05. The third-order valence-electron chi connectivity index (χ3n) is 2.22. The summed E-state index contributed by atoms with van der Waals surface area (Å²) in [5, 5.41) is 11.9. The summed E-state index contributed by atoms with van der Waals surface area (Å²) < 4.78 is 0.899. The normalized spacial score (nSPS) is 10.5. The zero-order valence-electron chi connectivity index (χ0n) is 9.89. The van der Waals surface area contributed by atoms with E-state index in [1.54, 1.807) is 5.51 Å². The first-order valence-corrected chi connectivity index (χ1v) is 6.93. The van der Waals surface area contributed by atoms with Gasteiger partial charge in [-0.1, -0.05) is 18.3 Å². The molecule has 0 saturated carbocycles. The Morgan fingerprint density at radius 3 is 2.82 bits per heavy atom. The average molecular weight is 267 g/mol. The van der Waals surface area contributed by atoms with Crippen LogP contribution >= 0.6 is 23.1 Å². The Kier molecular flexibility index (Phi) is 3.90. The maximum absolute atomic E-state index is 4.53. The van der Waals surface area contributed by atoms with Crippen molar-refractivity contribution in [3.8, 4) is 0 Å². The van der Waals surface area contributed by atoms with Gasteiger partial charge in [0.25, 0.3) is 0 Å². The van der Waals surface area contributed by atoms with Gasteiger partial charge in [-0.25, -0.2) is 9.97 Å². The number of hydrogen-bond donors (Lipinski definition) is 1. The van der Waals surface area contributed by atoms with Crippen LogP contribution in [-0.4, -0.2) is 27.2 Å². The Hall–Kier alpha value is -1.21. The molecular weight excluding hydrogens is 254 g/mol. The summed E-state index contributed by atoms with van der Waals surface area (Å²) in [5.74, 6) is 1.72. The van der Waals surface area contributed by atoms with Crippen molar-refractivity contribution in [3.63, 3.8) is 0 Å². The molecule has 0 fully saturated rings. The molecule has 90 valence electrons. The molecule has 0 aromatic carbocycles. The monoisotopic (exact) mass is 267 g/mol. The van der Waals surface area contributed by atoms with E-state index in [0.29, 0.717) is 0 Å². The Morgan fingerprint density at radius 2 is 2.24 bits per heavy atom. The van der Waals surface area contributed by atoms with Crippen molar-refractivity contribution >= 4 is 28.9 Å². The summed E-state index contributed by atoms with van der Waals surface area (Å²) >= 11 is 3.05. The minimum absolute atomic E-state index is 0.818. The first-order chi connectivity index (χ1) is 8.24. The highest BCUT2D eigenvalue weighted by atomic mass is 32.2. The fourth-order valence-electron chi connectivity index (χ4n) is 1.33. The molecule has 0 bridgehead atoms. The molecule has 0 unspecified atom stereocenters. The number of anilines is 1. The molecule has 0 saturated heterocycles. The molecule has 1 N–H and O–H groups in total. The molecule has 5 nitrogen and oxygen atoms in total. The quantitative estimate of drug-likeness (QED) is 0.858. The Morgan fingerprint density at radius 1 is 1.41 bits per heavy atom. The van der Waals surface area contributed by atoms with Gasteiger partial charge in [-0.05, 0) is 18.7 Å². The summed E-state index contributed by atoms with van der Waals surface area (Å²) in [6.07, 6.45) is 0.818. The molecule has 2 aromatic heterocycles. The lowest BCUT2D eigenvalue weighted by atomic mass is 10.3. The first-order valence-electron chi connectivity index (χ1n) is 5.23. The van der Waals surface area contributed by atoms with E-state index in [-0.39, 0.29) is 0 Å². The Bertz CT molecular complexity index is 498. The summed E-state index contributed by atoms with van der Waals surface area (Å²) in [6, 6.07) is 0. The molecule has 0 aliphatic carbocycles. The average Bonchev–Trinajstić information content (AvgIpc) is 2.84. The highest BCUT2D eigenvalue weighted by molar-refractivity contribution is 8.01. The molecule has 0 amide bonds. The van der Waals surface area contributed by atoms with Crippen molar-refractivity contribution in [2.24, 2.45) is 0 Å². The van der Waals surface area contributed by atoms with Gasteiger partial charge in [-0.3, -0.25) is 0 Å². The Balaban J connectivity index is 2.38. The molecule has 0 atom stereocenters. The van der Waals surface area contributed by atoms with E-state index < -0.39 is 0 Å². The minimum atomic E-state index is 0.818. The van der Waals surface area contributed by atoms with Crippen LogP contribution in [0.25, 0.3) is 0 Å². The smallest absolute Gasteiger partial charge is 0.180 e. The lowest BCUT2D eigenvalue weighted by Crippen LogP contribution is -2.03. The van der Waals surface area contributed by atoms with Crippen LogP contribution < -0.4 is 5.32 Å². The minimum Gasteiger partial charge on any atom is -0.373 e. The van der Waals surface area contributed by atoms with E-state index >= 15 is 0 Å². The van der Waals surface area contributed by atoms with E-state index in [9.17, 15) is 0 Å². The molecule has 7 heteroatoms. The molecule has 0 spiro atoms. The molecule has 0 aliphatic heterocycles. The zero-order valence-corrected chi connectivity index (χ0v) is 11.5. The van der Waals surface area contributed by atoms with Crippen LogP contribution in [-0.2, 0) is 6.42 Å². The predicted octanol–water partition coefficient (Wildman–Crippen LogP) is 2.39. The van der Waals surface area contributed by atoms with Gasteiger partial charge in [0.2, 0.25) is 0 Å². The van der Waals surface area contributed by atoms with Crippen LogP contribution in [0.15, 0.2) is 14.9 Å². The predicted molar refractivity (Wildman–Crippen MR) is 69.7 cm³/mol. The number of aryl methyl sites for hydroxylation is 1. The fraction of sp³-hybridized carbons (Fsp3) is 0.400. The van der Waals surface area contributed by atoms with Gasteiger partial charge in [0.15, 0.2) is 4.34 Å². The van der Waals surface area contributed by atoms with Crippen LogP contribution in [0.3, 0.4) is 0 Å². The van der Waals surface area contributed by atoms with Crippen molar-refractivity contribution in [3.05, 3.63) is 16.9 Å². The summed E-state index contributed by atoms with van der Waals surface area (Å²) in [5.41, 5.74) is 2.77. The maximum Gasteiger partial charge on any atom is 0.180 e. The van der Waals surface area contributed by atoms with E-state index in [4.69, 9.17) is 0 Å². The maximum atomic E-state index is 4.53. The summed E-state index contributed by atoms with van der Waals surface area (Å²) in [7, 11) is 1.87. The Labute approximate surface area is 108 Å². The number of aromatic nitrogens is 4. The van der Waals surface area contributed by atoms with Crippen LogP contribution in [0.4, 0.5) is 5.82 Å². The second-order valence-electron chi connectivity index (χ2n) is 3.33. The molecule has 2 aromatic rings. The van der Waals surface area contributed by atoms with Gasteiger partial charge >= 0.3 is 0 Å². The van der Waals surface area contributed by atoms with Gasteiger partial charge in [-0.15, -0.1) is 10.2 Å². The SMILES string of the molecule is CCc1nc(NC)c(C)c(Sc2nncs2)n1. The lowest BCUT2D eigenvalue weighted by molar-refractivity contribution is 0.873. The van der Waals surface area contributed by atoms with Crippen LogP contribution in [0.5, 0.6) is 0 Å². The fourth-order valence-corrected chi connectivity index (χ4v) is 2.82. The van der Waals surface area contributed by atoms with Crippen molar-refractivity contribution in [1.82, 2.24) is 20.2 Å². The second kappa shape index (κ2) is 5.42. The van der Waals surface area contributed by atoms with Crippen molar-refractivity contribution in [1.29, 1.82) is 0 Å². The van der Waals surface area contributed by atoms with E-state index in [1.165, 1.54) is 23.1 Å². The number of nitrogens with one attached hydrogen (secondary N) is 1. The first kappa shape index (κ1) is 12.3. The molecule has 0 aliphatic rings. The molecule has 2 heterocycles. The van der Waals surface area contributed by atoms with Crippen molar-refractivity contribution in [2.45, 2.75) is 29.6 Å². The highest BCUT2D eigenvalue weighted by Crippen LogP contribution is 2.31. The van der Waals surface area contributed by atoms with Crippen molar-refractivity contribution in [2.75, 3.05) is 12.4 Å². The molecular formula is C10H13N5S2. The van der Waals surface area contributed by atoms with Gasteiger partial charge in [0.05, 0.1) is 0 Å². The van der Waals surface area contributed by atoms with Gasteiger partial charge in [0.1, 0.15) is 22.2 Å². The van der Waals surface area contributed by atoms with Crippen LogP contribution in [0.1, 0.15) is 18.3 Å². The van der Waals surface area contributed by atoms with Crippen molar-refractivity contribution < 1.29 is 0 Å². The van der Waals surface area contributed by atoms with Gasteiger partial charge < -0.3 is 5.32 Å². The van der Waals surface area contributed by atoms with E-state index in [2.05, 4.69) is 25.5 Å². The largest absolute Gasteiger partial charge is 0.373 e.